The van der Waals surface area contributed by atoms with E-state index in [9.17, 15) is 4.79 Å². The molecule has 5 heteroatoms. The molecule has 3 atom stereocenters. The normalized spacial score (nSPS) is 22.7. The molecule has 0 aliphatic carbocycles. The van der Waals surface area contributed by atoms with Gasteiger partial charge in [-0.15, -0.1) is 0 Å². The third kappa shape index (κ3) is 2.81. The van der Waals surface area contributed by atoms with Gasteiger partial charge in [-0.05, 0) is 33.3 Å². The lowest BCUT2D eigenvalue weighted by Gasteiger charge is -2.19. The maximum Gasteiger partial charge on any atom is 0.315 e. The summed E-state index contributed by atoms with van der Waals surface area (Å²) in [6.07, 6.45) is 0.918. The highest BCUT2D eigenvalue weighted by molar-refractivity contribution is 5.82. The number of carbonyl (C=O) groups is 1. The molecule has 0 radical (unpaired) electrons. The zero-order chi connectivity index (χ0) is 15.7. The molecule has 118 valence electrons. The molecule has 2 N–H and O–H groups in total. The first-order valence-electron chi connectivity index (χ1n) is 7.73. The lowest BCUT2D eigenvalue weighted by Crippen LogP contribution is -2.45. The topological polar surface area (TPSA) is 63.5 Å². The van der Waals surface area contributed by atoms with Crippen molar-refractivity contribution < 1.29 is 13.9 Å². The number of hydrogen-bond donors (Lipinski definition) is 2. The van der Waals surface area contributed by atoms with Gasteiger partial charge in [-0.25, -0.2) is 4.79 Å². The van der Waals surface area contributed by atoms with E-state index < -0.39 is 0 Å². The van der Waals surface area contributed by atoms with Crippen molar-refractivity contribution in [2.75, 3.05) is 6.61 Å². The third-order valence-electron chi connectivity index (χ3n) is 4.31. The van der Waals surface area contributed by atoms with Crippen LogP contribution in [0.3, 0.4) is 0 Å². The van der Waals surface area contributed by atoms with Crippen molar-refractivity contribution in [3.63, 3.8) is 0 Å². The molecule has 1 aromatic carbocycles. The molecule has 1 aromatic heterocycles. The summed E-state index contributed by atoms with van der Waals surface area (Å²) < 4.78 is 11.3. The third-order valence-corrected chi connectivity index (χ3v) is 4.31. The standard InChI is InChI=1S/C17H22N2O3/c1-10-13-6-4-5-7-15(13)22-16(10)11(2)18-17(20)19-14-8-9-21-12(14)3/h4-7,11-12,14H,8-9H2,1-3H3,(H2,18,19,20). The highest BCUT2D eigenvalue weighted by Crippen LogP contribution is 2.29. The van der Waals surface area contributed by atoms with E-state index in [4.69, 9.17) is 9.15 Å². The fourth-order valence-corrected chi connectivity index (χ4v) is 3.00. The van der Waals surface area contributed by atoms with E-state index in [1.165, 1.54) is 0 Å². The van der Waals surface area contributed by atoms with Crippen LogP contribution in [0.5, 0.6) is 0 Å². The number of aryl methyl sites for hydroxylation is 1. The van der Waals surface area contributed by atoms with Gasteiger partial charge < -0.3 is 19.8 Å². The van der Waals surface area contributed by atoms with Crippen molar-refractivity contribution in [3.05, 3.63) is 35.6 Å². The molecule has 1 fully saturated rings. The highest BCUT2D eigenvalue weighted by Gasteiger charge is 2.26. The van der Waals surface area contributed by atoms with Gasteiger partial charge in [0.25, 0.3) is 0 Å². The second-order valence-electron chi connectivity index (χ2n) is 5.90. The van der Waals surface area contributed by atoms with Crippen LogP contribution in [0.2, 0.25) is 0 Å². The summed E-state index contributed by atoms with van der Waals surface area (Å²) in [6.45, 7) is 6.62. The van der Waals surface area contributed by atoms with Crippen LogP contribution in [0.15, 0.2) is 28.7 Å². The number of fused-ring (bicyclic) bond motifs is 1. The number of urea groups is 1. The quantitative estimate of drug-likeness (QED) is 0.914. The van der Waals surface area contributed by atoms with Crippen molar-refractivity contribution in [1.82, 2.24) is 10.6 Å². The number of rotatable bonds is 3. The Morgan fingerprint density at radius 1 is 1.36 bits per heavy atom. The van der Waals surface area contributed by atoms with E-state index >= 15 is 0 Å². The molecule has 22 heavy (non-hydrogen) atoms. The molecule has 3 unspecified atom stereocenters. The first kappa shape index (κ1) is 14.9. The summed E-state index contributed by atoms with van der Waals surface area (Å²) in [4.78, 5) is 12.1. The van der Waals surface area contributed by atoms with Crippen molar-refractivity contribution >= 4 is 17.0 Å². The van der Waals surface area contributed by atoms with Crippen LogP contribution < -0.4 is 10.6 Å². The van der Waals surface area contributed by atoms with Crippen LogP contribution in [0.25, 0.3) is 11.0 Å². The molecular weight excluding hydrogens is 280 g/mol. The Labute approximate surface area is 130 Å². The Bertz CT molecular complexity index is 680. The minimum Gasteiger partial charge on any atom is -0.459 e. The fourth-order valence-electron chi connectivity index (χ4n) is 3.00. The minimum atomic E-state index is -0.190. The number of carbonyl (C=O) groups excluding carboxylic acids is 1. The predicted octanol–water partition coefficient (Wildman–Crippen LogP) is 3.28. The summed E-state index contributed by atoms with van der Waals surface area (Å²) in [5.74, 6) is 0.798. The summed E-state index contributed by atoms with van der Waals surface area (Å²) in [7, 11) is 0. The molecule has 2 amide bonds. The van der Waals surface area contributed by atoms with Gasteiger partial charge in [0.05, 0.1) is 18.2 Å². The van der Waals surface area contributed by atoms with Crippen molar-refractivity contribution in [2.24, 2.45) is 0 Å². The Kier molecular flexibility index (Phi) is 4.07. The Morgan fingerprint density at radius 2 is 2.14 bits per heavy atom. The Balaban J connectivity index is 1.69. The van der Waals surface area contributed by atoms with Gasteiger partial charge in [-0.2, -0.15) is 0 Å². The number of hydrogen-bond acceptors (Lipinski definition) is 3. The van der Waals surface area contributed by atoms with Crippen LogP contribution in [-0.2, 0) is 4.74 Å². The minimum absolute atomic E-state index is 0.0639. The van der Waals surface area contributed by atoms with Crippen molar-refractivity contribution in [3.8, 4) is 0 Å². The zero-order valence-electron chi connectivity index (χ0n) is 13.2. The smallest absolute Gasteiger partial charge is 0.315 e. The fraction of sp³-hybridized carbons (Fsp3) is 0.471. The lowest BCUT2D eigenvalue weighted by molar-refractivity contribution is 0.114. The van der Waals surface area contributed by atoms with Gasteiger partial charge in [0, 0.05) is 17.6 Å². The van der Waals surface area contributed by atoms with Gasteiger partial charge in [0.15, 0.2) is 0 Å². The number of para-hydroxylation sites is 1. The summed E-state index contributed by atoms with van der Waals surface area (Å²) >= 11 is 0. The number of amides is 2. The average molecular weight is 302 g/mol. The molecule has 3 rings (SSSR count). The van der Waals surface area contributed by atoms with Gasteiger partial charge in [0.2, 0.25) is 0 Å². The maximum atomic E-state index is 12.1. The largest absolute Gasteiger partial charge is 0.459 e. The molecule has 1 saturated heterocycles. The Morgan fingerprint density at radius 3 is 2.82 bits per heavy atom. The highest BCUT2D eigenvalue weighted by atomic mass is 16.5. The van der Waals surface area contributed by atoms with E-state index in [0.717, 1.165) is 28.7 Å². The van der Waals surface area contributed by atoms with E-state index in [-0.39, 0.29) is 24.2 Å². The lowest BCUT2D eigenvalue weighted by atomic mass is 10.1. The van der Waals surface area contributed by atoms with Gasteiger partial charge in [0.1, 0.15) is 11.3 Å². The van der Waals surface area contributed by atoms with E-state index in [0.29, 0.717) is 6.61 Å². The Hall–Kier alpha value is -2.01. The molecule has 1 aliphatic heterocycles. The second kappa shape index (κ2) is 6.01. The van der Waals surface area contributed by atoms with Gasteiger partial charge in [-0.1, -0.05) is 18.2 Å². The maximum absolute atomic E-state index is 12.1. The first-order chi connectivity index (χ1) is 10.6. The number of ether oxygens (including phenoxy) is 1. The molecule has 1 aliphatic rings. The van der Waals surface area contributed by atoms with Crippen LogP contribution in [0, 0.1) is 6.92 Å². The molecule has 0 bridgehead atoms. The SMILES string of the molecule is Cc1c(C(C)NC(=O)NC2CCOC2C)oc2ccccc12. The second-order valence-corrected chi connectivity index (χ2v) is 5.90. The zero-order valence-corrected chi connectivity index (χ0v) is 13.2. The first-order valence-corrected chi connectivity index (χ1v) is 7.73. The van der Waals surface area contributed by atoms with Crippen LogP contribution in [0.1, 0.15) is 37.6 Å². The van der Waals surface area contributed by atoms with Crippen LogP contribution in [-0.4, -0.2) is 24.8 Å². The molecule has 0 saturated carbocycles. The van der Waals surface area contributed by atoms with Crippen molar-refractivity contribution in [1.29, 1.82) is 0 Å². The van der Waals surface area contributed by atoms with E-state index in [1.54, 1.807) is 0 Å². The van der Waals surface area contributed by atoms with E-state index in [1.807, 2.05) is 45.0 Å². The van der Waals surface area contributed by atoms with Crippen LogP contribution >= 0.6 is 0 Å². The van der Waals surface area contributed by atoms with Gasteiger partial charge >= 0.3 is 6.03 Å². The van der Waals surface area contributed by atoms with Gasteiger partial charge in [-0.3, -0.25) is 0 Å². The average Bonchev–Trinajstić information content (AvgIpc) is 3.04. The van der Waals surface area contributed by atoms with Crippen molar-refractivity contribution in [2.45, 2.75) is 45.4 Å². The monoisotopic (exact) mass is 302 g/mol. The molecule has 5 nitrogen and oxygen atoms in total. The summed E-state index contributed by atoms with van der Waals surface area (Å²) in [5.41, 5.74) is 1.92. The molecule has 2 aromatic rings. The molecule has 2 heterocycles. The predicted molar refractivity (Wildman–Crippen MR) is 84.9 cm³/mol. The number of benzene rings is 1. The summed E-state index contributed by atoms with van der Waals surface area (Å²) in [6, 6.07) is 7.60. The van der Waals surface area contributed by atoms with E-state index in [2.05, 4.69) is 10.6 Å². The number of furan rings is 1. The molecular formula is C17H22N2O3. The number of nitrogens with one attached hydrogen (secondary N) is 2. The van der Waals surface area contributed by atoms with Crippen LogP contribution in [0.4, 0.5) is 4.79 Å². The molecule has 0 spiro atoms. The summed E-state index contributed by atoms with van der Waals surface area (Å²) in [5, 5.41) is 7.00.